The number of pyridine rings is 1. The van der Waals surface area contributed by atoms with Crippen LogP contribution in [0, 0.1) is 0 Å². The van der Waals surface area contributed by atoms with Gasteiger partial charge >= 0.3 is 0 Å². The number of ether oxygens (including phenoxy) is 1. The van der Waals surface area contributed by atoms with Crippen LogP contribution >= 0.6 is 39.1 Å². The van der Waals surface area contributed by atoms with Crippen molar-refractivity contribution in [2.75, 3.05) is 7.11 Å². The highest BCUT2D eigenvalue weighted by atomic mass is 79.9. The molecule has 0 spiro atoms. The van der Waals surface area contributed by atoms with Crippen molar-refractivity contribution >= 4 is 39.1 Å². The topological polar surface area (TPSA) is 22.1 Å². The molecular formula is C6H4BrCl2NO. The van der Waals surface area contributed by atoms with Crippen molar-refractivity contribution in [2.45, 2.75) is 0 Å². The van der Waals surface area contributed by atoms with Crippen LogP contribution in [0.2, 0.25) is 10.0 Å². The third-order valence-electron chi connectivity index (χ3n) is 1.09. The van der Waals surface area contributed by atoms with E-state index in [1.807, 2.05) is 0 Å². The fourth-order valence-corrected chi connectivity index (χ4v) is 1.39. The lowest BCUT2D eigenvalue weighted by Crippen LogP contribution is -1.88. The molecule has 0 saturated carbocycles. The van der Waals surface area contributed by atoms with E-state index in [2.05, 4.69) is 20.9 Å². The predicted molar refractivity (Wildman–Crippen MR) is 48.5 cm³/mol. The fourth-order valence-electron chi connectivity index (χ4n) is 0.614. The summed E-state index contributed by atoms with van der Waals surface area (Å²) in [5, 5.41) is 0.792. The average Bonchev–Trinajstić information content (AvgIpc) is 1.99. The molecule has 5 heteroatoms. The van der Waals surface area contributed by atoms with Crippen LogP contribution < -0.4 is 4.74 Å². The van der Waals surface area contributed by atoms with Gasteiger partial charge in [0.1, 0.15) is 14.6 Å². The molecule has 0 amide bonds. The molecule has 0 aliphatic rings. The van der Waals surface area contributed by atoms with Gasteiger partial charge in [-0.2, -0.15) is 0 Å². The molecule has 0 N–H and O–H groups in total. The van der Waals surface area contributed by atoms with Gasteiger partial charge in [0.25, 0.3) is 0 Å². The smallest absolute Gasteiger partial charge is 0.160 e. The highest BCUT2D eigenvalue weighted by Gasteiger charge is 2.09. The van der Waals surface area contributed by atoms with Crippen molar-refractivity contribution in [2.24, 2.45) is 0 Å². The molecule has 0 saturated heterocycles. The Morgan fingerprint density at radius 3 is 2.64 bits per heavy atom. The molecule has 0 atom stereocenters. The van der Waals surface area contributed by atoms with Gasteiger partial charge in [0, 0.05) is 0 Å². The van der Waals surface area contributed by atoms with Crippen LogP contribution in [-0.2, 0) is 0 Å². The Balaban J connectivity index is 3.29. The molecule has 1 heterocycles. The van der Waals surface area contributed by atoms with E-state index in [4.69, 9.17) is 27.9 Å². The Morgan fingerprint density at radius 2 is 2.18 bits per heavy atom. The molecule has 0 aliphatic carbocycles. The summed E-state index contributed by atoms with van der Waals surface area (Å²) in [7, 11) is 1.50. The van der Waals surface area contributed by atoms with Crippen LogP contribution in [0.25, 0.3) is 0 Å². The van der Waals surface area contributed by atoms with E-state index in [1.165, 1.54) is 13.3 Å². The molecule has 0 aliphatic heterocycles. The molecule has 0 fully saturated rings. The average molecular weight is 257 g/mol. The third kappa shape index (κ3) is 1.78. The van der Waals surface area contributed by atoms with Gasteiger partial charge in [-0.15, -0.1) is 0 Å². The van der Waals surface area contributed by atoms with Gasteiger partial charge in [-0.05, 0) is 15.9 Å². The monoisotopic (exact) mass is 255 g/mol. The van der Waals surface area contributed by atoms with E-state index < -0.39 is 0 Å². The van der Waals surface area contributed by atoms with Crippen LogP contribution in [0.15, 0.2) is 10.8 Å². The number of nitrogens with zero attached hydrogens (tertiary/aromatic N) is 1. The predicted octanol–water partition coefficient (Wildman–Crippen LogP) is 3.16. The first kappa shape index (κ1) is 9.10. The lowest BCUT2D eigenvalue weighted by atomic mass is 10.4. The number of hydrogen-bond acceptors (Lipinski definition) is 2. The summed E-state index contributed by atoms with van der Waals surface area (Å²) in [5.41, 5.74) is 0. The van der Waals surface area contributed by atoms with E-state index in [0.29, 0.717) is 20.4 Å². The molecule has 11 heavy (non-hydrogen) atoms. The maximum Gasteiger partial charge on any atom is 0.160 e. The summed E-state index contributed by atoms with van der Waals surface area (Å²) >= 11 is 14.6. The second kappa shape index (κ2) is 3.61. The Kier molecular flexibility index (Phi) is 2.98. The lowest BCUT2D eigenvalue weighted by molar-refractivity contribution is 0.414. The molecule has 1 aromatic heterocycles. The van der Waals surface area contributed by atoms with E-state index in [1.54, 1.807) is 0 Å². The van der Waals surface area contributed by atoms with E-state index in [-0.39, 0.29) is 0 Å². The third-order valence-corrected chi connectivity index (χ3v) is 2.54. The van der Waals surface area contributed by atoms with Crippen molar-refractivity contribution < 1.29 is 4.74 Å². The first-order valence-corrected chi connectivity index (χ1v) is 4.25. The van der Waals surface area contributed by atoms with Gasteiger partial charge in [0.2, 0.25) is 0 Å². The Morgan fingerprint density at radius 1 is 1.55 bits per heavy atom. The summed E-state index contributed by atoms with van der Waals surface area (Å²) in [6.07, 6.45) is 1.47. The Bertz CT molecular complexity index is 280. The SMILES string of the molecule is COc1c(Cl)cnc(Br)c1Cl. The molecule has 0 bridgehead atoms. The van der Waals surface area contributed by atoms with E-state index >= 15 is 0 Å². The quantitative estimate of drug-likeness (QED) is 0.721. The summed E-state index contributed by atoms with van der Waals surface area (Å²) < 4.78 is 5.45. The van der Waals surface area contributed by atoms with Crippen LogP contribution in [0.1, 0.15) is 0 Å². The van der Waals surface area contributed by atoms with Crippen molar-refractivity contribution in [1.29, 1.82) is 0 Å². The number of halogens is 3. The summed E-state index contributed by atoms with van der Waals surface area (Å²) in [4.78, 5) is 3.86. The van der Waals surface area contributed by atoms with E-state index in [0.717, 1.165) is 0 Å². The van der Waals surface area contributed by atoms with Crippen LogP contribution in [-0.4, -0.2) is 12.1 Å². The van der Waals surface area contributed by atoms with Crippen molar-refractivity contribution in [1.82, 2.24) is 4.98 Å². The van der Waals surface area contributed by atoms with Crippen LogP contribution in [0.3, 0.4) is 0 Å². The maximum atomic E-state index is 5.78. The first-order chi connectivity index (χ1) is 5.16. The standard InChI is InChI=1S/C6H4BrCl2NO/c1-11-5-3(8)2-10-6(7)4(5)9/h2H,1H3. The highest BCUT2D eigenvalue weighted by molar-refractivity contribution is 9.10. The zero-order valence-electron chi connectivity index (χ0n) is 5.57. The molecule has 0 unspecified atom stereocenters. The summed E-state index contributed by atoms with van der Waals surface area (Å²) in [6.45, 7) is 0. The second-order valence-electron chi connectivity index (χ2n) is 1.74. The zero-order valence-corrected chi connectivity index (χ0v) is 8.66. The second-order valence-corrected chi connectivity index (χ2v) is 3.28. The number of rotatable bonds is 1. The van der Waals surface area contributed by atoms with Crippen LogP contribution in [0.4, 0.5) is 0 Å². The van der Waals surface area contributed by atoms with Gasteiger partial charge in [0.05, 0.1) is 13.3 Å². The molecule has 1 aromatic rings. The highest BCUT2D eigenvalue weighted by Crippen LogP contribution is 2.35. The number of aromatic nitrogens is 1. The first-order valence-electron chi connectivity index (χ1n) is 2.70. The zero-order chi connectivity index (χ0) is 8.43. The van der Waals surface area contributed by atoms with Gasteiger partial charge in [0.15, 0.2) is 5.75 Å². The Labute approximate surface area is 82.6 Å². The van der Waals surface area contributed by atoms with Crippen molar-refractivity contribution in [3.8, 4) is 5.75 Å². The molecule has 1 rings (SSSR count). The molecule has 2 nitrogen and oxygen atoms in total. The summed E-state index contributed by atoms with van der Waals surface area (Å²) in [5.74, 6) is 0.440. The largest absolute Gasteiger partial charge is 0.493 e. The number of hydrogen-bond donors (Lipinski definition) is 0. The van der Waals surface area contributed by atoms with Crippen molar-refractivity contribution in [3.63, 3.8) is 0 Å². The Hall–Kier alpha value is 0.01000. The minimum Gasteiger partial charge on any atom is -0.493 e. The maximum absolute atomic E-state index is 5.78. The van der Waals surface area contributed by atoms with Gasteiger partial charge < -0.3 is 4.74 Å². The minimum absolute atomic E-state index is 0.389. The normalized spacial score (nSPS) is 9.82. The number of methoxy groups -OCH3 is 1. The molecular weight excluding hydrogens is 253 g/mol. The molecule has 0 radical (unpaired) electrons. The fraction of sp³-hybridized carbons (Fsp3) is 0.167. The lowest BCUT2D eigenvalue weighted by Gasteiger charge is -2.04. The van der Waals surface area contributed by atoms with E-state index in [9.17, 15) is 0 Å². The van der Waals surface area contributed by atoms with Crippen molar-refractivity contribution in [3.05, 3.63) is 20.8 Å². The molecule has 60 valence electrons. The minimum atomic E-state index is 0.389. The van der Waals surface area contributed by atoms with Gasteiger partial charge in [-0.3, -0.25) is 0 Å². The van der Waals surface area contributed by atoms with Gasteiger partial charge in [-0.25, -0.2) is 4.98 Å². The summed E-state index contributed by atoms with van der Waals surface area (Å²) in [6, 6.07) is 0. The molecule has 0 aromatic carbocycles. The van der Waals surface area contributed by atoms with Gasteiger partial charge in [-0.1, -0.05) is 23.2 Å². The van der Waals surface area contributed by atoms with Crippen LogP contribution in [0.5, 0.6) is 5.75 Å².